The number of fused-ring (bicyclic) bond motifs is 3. The van der Waals surface area contributed by atoms with Gasteiger partial charge in [0.15, 0.2) is 0 Å². The Labute approximate surface area is 133 Å². The Balaban J connectivity index is 1.75. The van der Waals surface area contributed by atoms with E-state index in [0.29, 0.717) is 11.3 Å². The smallest absolute Gasteiger partial charge is 0.257 e. The molecule has 0 spiro atoms. The summed E-state index contributed by atoms with van der Waals surface area (Å²) in [7, 11) is 1.91. The quantitative estimate of drug-likeness (QED) is 0.764. The normalized spacial score (nSPS) is 13.1. The lowest BCUT2D eigenvalue weighted by Gasteiger charge is -2.06. The van der Waals surface area contributed by atoms with E-state index in [0.717, 1.165) is 36.2 Å². The first-order valence-electron chi connectivity index (χ1n) is 7.67. The molecule has 2 N–H and O–H groups in total. The molecule has 4 rings (SSSR count). The zero-order valence-electron chi connectivity index (χ0n) is 12.8. The Morgan fingerprint density at radius 2 is 2.30 bits per heavy atom. The number of anilines is 1. The van der Waals surface area contributed by atoms with Gasteiger partial charge in [-0.15, -0.1) is 0 Å². The van der Waals surface area contributed by atoms with E-state index in [2.05, 4.69) is 20.4 Å². The average molecular weight is 307 g/mol. The number of hydrogen-bond acceptors (Lipinski definition) is 3. The molecule has 0 fully saturated rings. The Morgan fingerprint density at radius 1 is 1.39 bits per heavy atom. The minimum atomic E-state index is -0.144. The molecule has 1 amide bonds. The monoisotopic (exact) mass is 307 g/mol. The minimum Gasteiger partial charge on any atom is -0.364 e. The molecule has 0 radical (unpaired) electrons. The third-order valence-electron chi connectivity index (χ3n) is 4.14. The van der Waals surface area contributed by atoms with Crippen LogP contribution in [-0.4, -0.2) is 25.7 Å². The van der Waals surface area contributed by atoms with Crippen LogP contribution >= 0.6 is 0 Å². The lowest BCUT2D eigenvalue weighted by molar-refractivity contribution is 0.102. The molecular weight excluding hydrogens is 290 g/mol. The number of aromatic amines is 1. The summed E-state index contributed by atoms with van der Waals surface area (Å²) in [5.41, 5.74) is 5.44. The molecule has 0 aliphatic heterocycles. The molecule has 6 nitrogen and oxygen atoms in total. The third kappa shape index (κ3) is 2.42. The number of aromatic nitrogens is 4. The standard InChI is InChI=1S/C17H17N5O/c1-22-10-11-4-2-6-14-15(16(11)21-22)13(9-19-14)17(23)20-12-5-3-7-18-8-12/h3,5,7-10,19H,2,4,6H2,1H3,(H,20,23). The number of pyridine rings is 1. The van der Waals surface area contributed by atoms with Gasteiger partial charge in [0.1, 0.15) is 0 Å². The Bertz CT molecular complexity index is 862. The summed E-state index contributed by atoms with van der Waals surface area (Å²) >= 11 is 0. The summed E-state index contributed by atoms with van der Waals surface area (Å²) in [6, 6.07) is 3.62. The number of rotatable bonds is 2. The predicted molar refractivity (Wildman–Crippen MR) is 87.2 cm³/mol. The first kappa shape index (κ1) is 13.8. The predicted octanol–water partition coefficient (Wildman–Crippen LogP) is 2.55. The van der Waals surface area contributed by atoms with E-state index in [1.54, 1.807) is 24.7 Å². The van der Waals surface area contributed by atoms with Crippen molar-refractivity contribution in [3.8, 4) is 11.3 Å². The number of amides is 1. The topological polar surface area (TPSA) is 75.6 Å². The van der Waals surface area contributed by atoms with Crippen molar-refractivity contribution in [2.75, 3.05) is 5.32 Å². The summed E-state index contributed by atoms with van der Waals surface area (Å²) in [6.07, 6.45) is 10.1. The molecule has 3 aromatic rings. The first-order valence-corrected chi connectivity index (χ1v) is 7.67. The fourth-order valence-corrected chi connectivity index (χ4v) is 3.13. The SMILES string of the molecule is Cn1cc2c(n1)-c1c(C(=O)Nc3cccnc3)c[nH]c1CCC2. The number of carbonyl (C=O) groups is 1. The number of hydrogen-bond donors (Lipinski definition) is 2. The van der Waals surface area contributed by atoms with Gasteiger partial charge in [0, 0.05) is 36.9 Å². The molecule has 0 bridgehead atoms. The largest absolute Gasteiger partial charge is 0.364 e. The highest BCUT2D eigenvalue weighted by atomic mass is 16.1. The maximum absolute atomic E-state index is 12.7. The van der Waals surface area contributed by atoms with Gasteiger partial charge < -0.3 is 10.3 Å². The van der Waals surface area contributed by atoms with Gasteiger partial charge in [-0.3, -0.25) is 14.5 Å². The molecular formula is C17H17N5O. The third-order valence-corrected chi connectivity index (χ3v) is 4.14. The van der Waals surface area contributed by atoms with Gasteiger partial charge in [-0.2, -0.15) is 5.10 Å². The van der Waals surface area contributed by atoms with E-state index in [1.807, 2.05) is 24.0 Å². The zero-order chi connectivity index (χ0) is 15.8. The lowest BCUT2D eigenvalue weighted by atomic mass is 10.0. The van der Waals surface area contributed by atoms with E-state index >= 15 is 0 Å². The first-order chi connectivity index (χ1) is 11.2. The van der Waals surface area contributed by atoms with E-state index in [1.165, 1.54) is 5.56 Å². The van der Waals surface area contributed by atoms with E-state index < -0.39 is 0 Å². The van der Waals surface area contributed by atoms with E-state index in [-0.39, 0.29) is 5.91 Å². The molecule has 1 aliphatic rings. The van der Waals surface area contributed by atoms with Crippen molar-refractivity contribution in [3.05, 3.63) is 53.7 Å². The number of nitrogens with one attached hydrogen (secondary N) is 2. The highest BCUT2D eigenvalue weighted by Gasteiger charge is 2.25. The van der Waals surface area contributed by atoms with Gasteiger partial charge in [0.05, 0.1) is 23.1 Å². The van der Waals surface area contributed by atoms with Crippen LogP contribution in [0.3, 0.4) is 0 Å². The maximum atomic E-state index is 12.7. The van der Waals surface area contributed by atoms with Gasteiger partial charge in [-0.1, -0.05) is 0 Å². The summed E-state index contributed by atoms with van der Waals surface area (Å²) in [5.74, 6) is -0.144. The van der Waals surface area contributed by atoms with Gasteiger partial charge in [0.25, 0.3) is 5.91 Å². The lowest BCUT2D eigenvalue weighted by Crippen LogP contribution is -2.12. The van der Waals surface area contributed by atoms with Crippen molar-refractivity contribution in [3.63, 3.8) is 0 Å². The van der Waals surface area contributed by atoms with Crippen LogP contribution < -0.4 is 5.32 Å². The van der Waals surface area contributed by atoms with Crippen LogP contribution in [0.4, 0.5) is 5.69 Å². The van der Waals surface area contributed by atoms with Crippen molar-refractivity contribution >= 4 is 11.6 Å². The molecule has 6 heteroatoms. The highest BCUT2D eigenvalue weighted by Crippen LogP contribution is 2.34. The minimum absolute atomic E-state index is 0.144. The van der Waals surface area contributed by atoms with Crippen LogP contribution in [0.15, 0.2) is 36.9 Å². The molecule has 3 aromatic heterocycles. The molecule has 0 atom stereocenters. The fraction of sp³-hybridized carbons (Fsp3) is 0.235. The number of carbonyl (C=O) groups excluding carboxylic acids is 1. The summed E-state index contributed by atoms with van der Waals surface area (Å²) in [4.78, 5) is 20.0. The van der Waals surface area contributed by atoms with Crippen LogP contribution in [0.2, 0.25) is 0 Å². The Hall–Kier alpha value is -2.89. The number of H-pyrrole nitrogens is 1. The van der Waals surface area contributed by atoms with Crippen molar-refractivity contribution in [1.29, 1.82) is 0 Å². The van der Waals surface area contributed by atoms with Crippen LogP contribution in [0.25, 0.3) is 11.3 Å². The van der Waals surface area contributed by atoms with Crippen molar-refractivity contribution in [2.24, 2.45) is 7.05 Å². The molecule has 116 valence electrons. The van der Waals surface area contributed by atoms with E-state index in [9.17, 15) is 4.79 Å². The van der Waals surface area contributed by atoms with Gasteiger partial charge in [-0.05, 0) is 37.0 Å². The molecule has 0 aromatic carbocycles. The summed E-state index contributed by atoms with van der Waals surface area (Å²) < 4.78 is 1.82. The average Bonchev–Trinajstić information content (AvgIpc) is 3.08. The van der Waals surface area contributed by atoms with Gasteiger partial charge >= 0.3 is 0 Å². The van der Waals surface area contributed by atoms with Gasteiger partial charge in [-0.25, -0.2) is 0 Å². The second-order valence-electron chi connectivity index (χ2n) is 5.78. The maximum Gasteiger partial charge on any atom is 0.257 e. The van der Waals surface area contributed by atoms with E-state index in [4.69, 9.17) is 0 Å². The fourth-order valence-electron chi connectivity index (χ4n) is 3.13. The van der Waals surface area contributed by atoms with Crippen molar-refractivity contribution in [2.45, 2.75) is 19.3 Å². The molecule has 3 heterocycles. The van der Waals surface area contributed by atoms with Crippen LogP contribution in [-0.2, 0) is 19.9 Å². The van der Waals surface area contributed by atoms with Crippen LogP contribution in [0.5, 0.6) is 0 Å². The van der Waals surface area contributed by atoms with Gasteiger partial charge in [0.2, 0.25) is 0 Å². The summed E-state index contributed by atoms with van der Waals surface area (Å²) in [5, 5.41) is 7.48. The molecule has 0 unspecified atom stereocenters. The Kier molecular flexibility index (Phi) is 3.22. The van der Waals surface area contributed by atoms with Crippen molar-refractivity contribution in [1.82, 2.24) is 19.7 Å². The Morgan fingerprint density at radius 3 is 3.13 bits per heavy atom. The molecule has 0 saturated heterocycles. The molecule has 1 aliphatic carbocycles. The van der Waals surface area contributed by atoms with Crippen LogP contribution in [0.1, 0.15) is 28.0 Å². The number of nitrogens with zero attached hydrogens (tertiary/aromatic N) is 3. The highest BCUT2D eigenvalue weighted by molar-refractivity contribution is 6.09. The second-order valence-corrected chi connectivity index (χ2v) is 5.78. The second kappa shape index (κ2) is 5.39. The number of aryl methyl sites for hydroxylation is 3. The summed E-state index contributed by atoms with van der Waals surface area (Å²) in [6.45, 7) is 0. The molecule has 0 saturated carbocycles. The van der Waals surface area contributed by atoms with Crippen molar-refractivity contribution < 1.29 is 4.79 Å². The van der Waals surface area contributed by atoms with Crippen LogP contribution in [0, 0.1) is 0 Å². The molecule has 23 heavy (non-hydrogen) atoms. The zero-order valence-corrected chi connectivity index (χ0v) is 12.8.